The molecule has 0 unspecified atom stereocenters. The van der Waals surface area contributed by atoms with Crippen molar-refractivity contribution >= 4 is 16.5 Å². The Labute approximate surface area is 134 Å². The van der Waals surface area contributed by atoms with Crippen LogP contribution in [-0.4, -0.2) is 34.4 Å². The van der Waals surface area contributed by atoms with Crippen molar-refractivity contribution in [1.29, 1.82) is 0 Å². The summed E-state index contributed by atoms with van der Waals surface area (Å²) in [6.45, 7) is 1.97. The molecular formula is C14H15F3N4OS. The maximum atomic E-state index is 12.6. The van der Waals surface area contributed by atoms with Gasteiger partial charge in [-0.2, -0.15) is 18.2 Å². The Bertz CT molecular complexity index is 692. The number of hydrogen-bond acceptors (Lipinski definition) is 6. The normalized spacial score (nSPS) is 24.9. The van der Waals surface area contributed by atoms with Gasteiger partial charge in [-0.05, 0) is 25.7 Å². The van der Waals surface area contributed by atoms with E-state index >= 15 is 0 Å². The van der Waals surface area contributed by atoms with Crippen molar-refractivity contribution < 1.29 is 17.7 Å². The molecule has 2 aromatic rings. The minimum absolute atomic E-state index is 0.0402. The first-order chi connectivity index (χ1) is 11.0. The summed E-state index contributed by atoms with van der Waals surface area (Å²) in [5.74, 6) is -1.68. The van der Waals surface area contributed by atoms with Crippen molar-refractivity contribution in [2.75, 3.05) is 18.0 Å². The van der Waals surface area contributed by atoms with Crippen molar-refractivity contribution in [3.05, 3.63) is 11.2 Å². The highest BCUT2D eigenvalue weighted by molar-refractivity contribution is 7.14. The Morgan fingerprint density at radius 1 is 1.17 bits per heavy atom. The van der Waals surface area contributed by atoms with Crippen LogP contribution in [0.25, 0.3) is 11.6 Å². The second kappa shape index (κ2) is 5.47. The van der Waals surface area contributed by atoms with Gasteiger partial charge in [0.05, 0.1) is 5.92 Å². The summed E-state index contributed by atoms with van der Waals surface area (Å²) in [5.41, 5.74) is 0.540. The molecule has 0 bridgehead atoms. The fraction of sp³-hybridized carbons (Fsp3) is 0.643. The Morgan fingerprint density at radius 3 is 2.65 bits per heavy atom. The number of rotatable bonds is 3. The van der Waals surface area contributed by atoms with Gasteiger partial charge < -0.3 is 9.42 Å². The van der Waals surface area contributed by atoms with Crippen LogP contribution in [0.5, 0.6) is 0 Å². The first-order valence-electron chi connectivity index (χ1n) is 7.63. The van der Waals surface area contributed by atoms with Gasteiger partial charge >= 0.3 is 6.18 Å². The second-order valence-electron chi connectivity index (χ2n) is 6.01. The number of nitrogens with zero attached hydrogens (tertiary/aromatic N) is 4. The lowest BCUT2D eigenvalue weighted by Gasteiger charge is -2.25. The third kappa shape index (κ3) is 2.93. The molecule has 2 atom stereocenters. The largest absolute Gasteiger partial charge is 0.392 e. The standard InChI is InChI=1S/C14H15F3N4OS/c15-14(16,17)9-6-8(9)11-19-12(22-20-11)10-7-23-13(18-10)21-4-2-1-3-5-21/h7-9H,1-6H2/t8-,9-/m1/s1. The molecule has 2 aromatic heterocycles. The number of alkyl halides is 3. The number of aromatic nitrogens is 3. The predicted molar refractivity (Wildman–Crippen MR) is 78.4 cm³/mol. The monoisotopic (exact) mass is 344 g/mol. The number of anilines is 1. The molecule has 0 radical (unpaired) electrons. The molecule has 1 saturated heterocycles. The van der Waals surface area contributed by atoms with Gasteiger partial charge in [-0.3, -0.25) is 0 Å². The van der Waals surface area contributed by atoms with E-state index in [2.05, 4.69) is 20.0 Å². The van der Waals surface area contributed by atoms with Gasteiger partial charge in [-0.15, -0.1) is 11.3 Å². The van der Waals surface area contributed by atoms with Gasteiger partial charge in [0, 0.05) is 24.4 Å². The predicted octanol–water partition coefficient (Wildman–Crippen LogP) is 3.85. The number of halogens is 3. The molecule has 3 heterocycles. The van der Waals surface area contributed by atoms with Crippen LogP contribution in [-0.2, 0) is 0 Å². The molecule has 0 spiro atoms. The van der Waals surface area contributed by atoms with Crippen LogP contribution in [0, 0.1) is 5.92 Å². The lowest BCUT2D eigenvalue weighted by molar-refractivity contribution is -0.148. The molecule has 2 aliphatic rings. The molecule has 5 nitrogen and oxygen atoms in total. The minimum Gasteiger partial charge on any atom is -0.348 e. The molecular weight excluding hydrogens is 329 g/mol. The van der Waals surface area contributed by atoms with E-state index in [0.717, 1.165) is 31.1 Å². The van der Waals surface area contributed by atoms with Crippen LogP contribution < -0.4 is 4.90 Å². The lowest BCUT2D eigenvalue weighted by Crippen LogP contribution is -2.29. The zero-order valence-electron chi connectivity index (χ0n) is 12.2. The summed E-state index contributed by atoms with van der Waals surface area (Å²) in [6.07, 6.45) is -0.601. The summed E-state index contributed by atoms with van der Waals surface area (Å²) in [7, 11) is 0. The van der Waals surface area contributed by atoms with Crippen LogP contribution in [0.15, 0.2) is 9.90 Å². The van der Waals surface area contributed by atoms with Gasteiger partial charge in [-0.25, -0.2) is 4.98 Å². The van der Waals surface area contributed by atoms with Crippen LogP contribution in [0.2, 0.25) is 0 Å². The third-order valence-corrected chi connectivity index (χ3v) is 5.22. The number of piperidine rings is 1. The average Bonchev–Trinajstić information content (AvgIpc) is 2.98. The molecule has 23 heavy (non-hydrogen) atoms. The van der Waals surface area contributed by atoms with E-state index in [1.807, 2.05) is 5.38 Å². The summed E-state index contributed by atoms with van der Waals surface area (Å²) in [6, 6.07) is 0. The fourth-order valence-corrected chi connectivity index (χ4v) is 3.78. The van der Waals surface area contributed by atoms with Gasteiger partial charge in [0.2, 0.25) is 0 Å². The van der Waals surface area contributed by atoms with Crippen molar-refractivity contribution in [3.63, 3.8) is 0 Å². The van der Waals surface area contributed by atoms with E-state index in [0.29, 0.717) is 5.69 Å². The highest BCUT2D eigenvalue weighted by Crippen LogP contribution is 2.55. The van der Waals surface area contributed by atoms with E-state index in [4.69, 9.17) is 4.52 Å². The van der Waals surface area contributed by atoms with Crippen LogP contribution in [0.4, 0.5) is 18.3 Å². The molecule has 1 aliphatic heterocycles. The molecule has 124 valence electrons. The highest BCUT2D eigenvalue weighted by Gasteiger charge is 2.58. The number of hydrogen-bond donors (Lipinski definition) is 0. The molecule has 9 heteroatoms. The van der Waals surface area contributed by atoms with Crippen molar-refractivity contribution in [2.24, 2.45) is 5.92 Å². The minimum atomic E-state index is -4.19. The van der Waals surface area contributed by atoms with Crippen LogP contribution >= 0.6 is 11.3 Å². The fourth-order valence-electron chi connectivity index (χ4n) is 2.92. The maximum absolute atomic E-state index is 12.6. The topological polar surface area (TPSA) is 55.1 Å². The summed E-state index contributed by atoms with van der Waals surface area (Å²) in [5, 5.41) is 6.42. The zero-order chi connectivity index (χ0) is 16.0. The molecule has 1 aliphatic carbocycles. The Morgan fingerprint density at radius 2 is 1.96 bits per heavy atom. The summed E-state index contributed by atoms with van der Waals surface area (Å²) in [4.78, 5) is 10.8. The van der Waals surface area contributed by atoms with E-state index in [9.17, 15) is 13.2 Å². The van der Waals surface area contributed by atoms with Gasteiger partial charge in [0.1, 0.15) is 5.69 Å². The number of thiazole rings is 1. The highest BCUT2D eigenvalue weighted by atomic mass is 32.1. The van der Waals surface area contributed by atoms with E-state index in [-0.39, 0.29) is 18.1 Å². The summed E-state index contributed by atoms with van der Waals surface area (Å²) < 4.78 is 43.0. The molecule has 1 saturated carbocycles. The van der Waals surface area contributed by atoms with E-state index in [1.165, 1.54) is 17.8 Å². The van der Waals surface area contributed by atoms with E-state index in [1.54, 1.807) is 0 Å². The second-order valence-corrected chi connectivity index (χ2v) is 6.85. The molecule has 0 N–H and O–H groups in total. The molecule has 2 fully saturated rings. The van der Waals surface area contributed by atoms with E-state index < -0.39 is 18.0 Å². The molecule has 0 aromatic carbocycles. The van der Waals surface area contributed by atoms with Crippen molar-refractivity contribution in [3.8, 4) is 11.6 Å². The van der Waals surface area contributed by atoms with Crippen LogP contribution in [0.1, 0.15) is 37.4 Å². The maximum Gasteiger partial charge on any atom is 0.392 e. The third-order valence-electron chi connectivity index (χ3n) is 4.32. The Balaban J connectivity index is 1.48. The Kier molecular flexibility index (Phi) is 3.55. The van der Waals surface area contributed by atoms with Gasteiger partial charge in [0.25, 0.3) is 5.89 Å². The van der Waals surface area contributed by atoms with Crippen molar-refractivity contribution in [2.45, 2.75) is 37.8 Å². The Hall–Kier alpha value is -1.64. The summed E-state index contributed by atoms with van der Waals surface area (Å²) >= 11 is 1.50. The first-order valence-corrected chi connectivity index (χ1v) is 8.51. The average molecular weight is 344 g/mol. The quantitative estimate of drug-likeness (QED) is 0.846. The lowest BCUT2D eigenvalue weighted by atomic mass is 10.1. The molecule has 4 rings (SSSR count). The first kappa shape index (κ1) is 14.9. The van der Waals surface area contributed by atoms with Gasteiger partial charge in [-0.1, -0.05) is 5.16 Å². The van der Waals surface area contributed by atoms with Gasteiger partial charge in [0.15, 0.2) is 11.0 Å². The zero-order valence-corrected chi connectivity index (χ0v) is 13.0. The SMILES string of the molecule is FC(F)(F)[C@@H]1C[C@H]1c1noc(-c2csc(N3CCCCC3)n2)n1. The van der Waals surface area contributed by atoms with Crippen molar-refractivity contribution in [1.82, 2.24) is 15.1 Å². The molecule has 0 amide bonds. The van der Waals surface area contributed by atoms with Crippen LogP contribution in [0.3, 0.4) is 0 Å². The smallest absolute Gasteiger partial charge is 0.348 e.